The van der Waals surface area contributed by atoms with E-state index in [9.17, 15) is 4.79 Å². The molecule has 0 bridgehead atoms. The molecule has 0 atom stereocenters. The first kappa shape index (κ1) is 6.01. The second-order valence-electron chi connectivity index (χ2n) is 0.906. The maximum atomic E-state index is 9.71. The average Bonchev–Trinajstić information content (AvgIpc) is 1.61. The maximum absolute atomic E-state index is 9.71. The van der Waals surface area contributed by atoms with Crippen molar-refractivity contribution in [3.63, 3.8) is 0 Å². The first-order valence-corrected chi connectivity index (χ1v) is 1.84. The van der Waals surface area contributed by atoms with E-state index in [2.05, 4.69) is 10.5 Å². The summed E-state index contributed by atoms with van der Waals surface area (Å²) in [5.41, 5.74) is 4.57. The van der Waals surface area contributed by atoms with Crippen LogP contribution in [0.25, 0.3) is 0 Å². The molecule has 1 amide bonds. The van der Waals surface area contributed by atoms with Gasteiger partial charge in [-0.3, -0.25) is 0 Å². The van der Waals surface area contributed by atoms with Crippen molar-refractivity contribution in [2.45, 2.75) is 6.92 Å². The summed E-state index contributed by atoms with van der Waals surface area (Å²) in [4.78, 5) is 9.71. The number of hydrogen-bond donors (Lipinski definition) is 1. The van der Waals surface area contributed by atoms with E-state index in [4.69, 9.17) is 0 Å². The molecule has 0 saturated carbocycles. The van der Waals surface area contributed by atoms with E-state index in [1.165, 1.54) is 6.26 Å². The number of carbonyl (C=O) groups is 1. The SMILES string of the molecule is CC=COC(N)=O. The molecule has 0 rings (SSSR count). The zero-order chi connectivity index (χ0) is 5.70. The quantitative estimate of drug-likeness (QED) is 0.492. The predicted octanol–water partition coefficient (Wildman–Crippen LogP) is 0.615. The molecule has 0 unspecified atom stereocenters. The minimum atomic E-state index is -0.780. The molecule has 0 aromatic carbocycles. The Morgan fingerprint density at radius 1 is 1.86 bits per heavy atom. The van der Waals surface area contributed by atoms with Crippen LogP contribution in [0.15, 0.2) is 12.3 Å². The van der Waals surface area contributed by atoms with Crippen LogP contribution in [0, 0.1) is 0 Å². The highest BCUT2D eigenvalue weighted by atomic mass is 16.5. The first-order chi connectivity index (χ1) is 3.27. The second-order valence-corrected chi connectivity index (χ2v) is 0.906. The van der Waals surface area contributed by atoms with Crippen LogP contribution < -0.4 is 5.73 Å². The standard InChI is InChI=1S/C4H7NO2/c1-2-3-7-4(5)6/h2-3H,1H3,(H2,5,6). The van der Waals surface area contributed by atoms with Crippen molar-refractivity contribution in [2.75, 3.05) is 0 Å². The Morgan fingerprint density at radius 3 is 2.57 bits per heavy atom. The minimum Gasteiger partial charge on any atom is -0.419 e. The molecule has 3 nitrogen and oxygen atoms in total. The van der Waals surface area contributed by atoms with Crippen LogP contribution in [-0.4, -0.2) is 6.09 Å². The fraction of sp³-hybridized carbons (Fsp3) is 0.250. The van der Waals surface area contributed by atoms with Gasteiger partial charge in [-0.25, -0.2) is 4.79 Å². The number of primary amides is 1. The fourth-order valence-corrected chi connectivity index (χ4v) is 0.135. The van der Waals surface area contributed by atoms with E-state index in [1.54, 1.807) is 13.0 Å². The van der Waals surface area contributed by atoms with Crippen molar-refractivity contribution >= 4 is 6.09 Å². The van der Waals surface area contributed by atoms with Crippen LogP contribution in [0.4, 0.5) is 4.79 Å². The fourth-order valence-electron chi connectivity index (χ4n) is 0.135. The van der Waals surface area contributed by atoms with Crippen molar-refractivity contribution in [3.8, 4) is 0 Å². The Kier molecular flexibility index (Phi) is 2.76. The number of allylic oxidation sites excluding steroid dienone is 1. The van der Waals surface area contributed by atoms with Crippen LogP contribution in [0.3, 0.4) is 0 Å². The van der Waals surface area contributed by atoms with E-state index in [0.29, 0.717) is 0 Å². The van der Waals surface area contributed by atoms with Crippen molar-refractivity contribution in [1.29, 1.82) is 0 Å². The summed E-state index contributed by atoms with van der Waals surface area (Å²) in [6.07, 6.45) is 2.02. The minimum absolute atomic E-state index is 0.780. The molecule has 0 saturated heterocycles. The van der Waals surface area contributed by atoms with Gasteiger partial charge in [-0.2, -0.15) is 0 Å². The topological polar surface area (TPSA) is 52.3 Å². The summed E-state index contributed by atoms with van der Waals surface area (Å²) in [5.74, 6) is 0. The number of ether oxygens (including phenoxy) is 1. The van der Waals surface area contributed by atoms with Crippen molar-refractivity contribution < 1.29 is 9.53 Å². The van der Waals surface area contributed by atoms with Crippen LogP contribution in [0.5, 0.6) is 0 Å². The Hall–Kier alpha value is -0.990. The zero-order valence-corrected chi connectivity index (χ0v) is 4.05. The molecule has 0 aliphatic carbocycles. The number of rotatable bonds is 1. The van der Waals surface area contributed by atoms with Gasteiger partial charge in [0.25, 0.3) is 0 Å². The summed E-state index contributed by atoms with van der Waals surface area (Å²) >= 11 is 0. The van der Waals surface area contributed by atoms with Gasteiger partial charge in [-0.05, 0) is 6.92 Å². The largest absolute Gasteiger partial charge is 0.419 e. The first-order valence-electron chi connectivity index (χ1n) is 1.84. The Labute approximate surface area is 41.8 Å². The van der Waals surface area contributed by atoms with Crippen molar-refractivity contribution in [2.24, 2.45) is 5.73 Å². The van der Waals surface area contributed by atoms with Crippen molar-refractivity contribution in [3.05, 3.63) is 12.3 Å². The summed E-state index contributed by atoms with van der Waals surface area (Å²) in [6.45, 7) is 1.73. The molecule has 40 valence electrons. The Bertz CT molecular complexity index is 87.7. The Balaban J connectivity index is 3.14. The number of carbonyl (C=O) groups excluding carboxylic acids is 1. The Morgan fingerprint density at radius 2 is 2.43 bits per heavy atom. The third-order valence-corrected chi connectivity index (χ3v) is 0.320. The lowest BCUT2D eigenvalue weighted by Crippen LogP contribution is -2.08. The molecule has 3 heteroatoms. The van der Waals surface area contributed by atoms with Gasteiger partial charge in [0.05, 0.1) is 6.26 Å². The average molecular weight is 101 g/mol. The molecule has 0 aliphatic heterocycles. The summed E-state index contributed by atoms with van der Waals surface area (Å²) in [6, 6.07) is 0. The lowest BCUT2D eigenvalue weighted by Gasteiger charge is -1.85. The highest BCUT2D eigenvalue weighted by molar-refractivity contribution is 5.65. The second kappa shape index (κ2) is 3.21. The summed E-state index contributed by atoms with van der Waals surface area (Å²) in [7, 11) is 0. The van der Waals surface area contributed by atoms with Crippen LogP contribution in [0.1, 0.15) is 6.92 Å². The molecule has 0 heterocycles. The van der Waals surface area contributed by atoms with Crippen molar-refractivity contribution in [1.82, 2.24) is 0 Å². The molecular weight excluding hydrogens is 94.0 g/mol. The van der Waals surface area contributed by atoms with Gasteiger partial charge in [0.2, 0.25) is 0 Å². The van der Waals surface area contributed by atoms with E-state index in [0.717, 1.165) is 0 Å². The van der Waals surface area contributed by atoms with E-state index in [-0.39, 0.29) is 0 Å². The number of nitrogens with two attached hydrogens (primary N) is 1. The molecule has 0 aliphatic rings. The van der Waals surface area contributed by atoms with Crippen LogP contribution in [-0.2, 0) is 4.74 Å². The van der Waals surface area contributed by atoms with E-state index >= 15 is 0 Å². The van der Waals surface area contributed by atoms with Crippen LogP contribution in [0.2, 0.25) is 0 Å². The molecule has 0 radical (unpaired) electrons. The van der Waals surface area contributed by atoms with Gasteiger partial charge in [-0.1, -0.05) is 6.08 Å². The van der Waals surface area contributed by atoms with Gasteiger partial charge in [0.15, 0.2) is 0 Å². The highest BCUT2D eigenvalue weighted by Gasteiger charge is 1.81. The summed E-state index contributed by atoms with van der Waals surface area (Å²) in [5, 5.41) is 0. The normalized spacial score (nSPS) is 9.29. The number of amides is 1. The summed E-state index contributed by atoms with van der Waals surface area (Å²) < 4.78 is 4.15. The van der Waals surface area contributed by atoms with E-state index in [1.807, 2.05) is 0 Å². The number of hydrogen-bond acceptors (Lipinski definition) is 2. The predicted molar refractivity (Wildman–Crippen MR) is 25.5 cm³/mol. The molecule has 2 N–H and O–H groups in total. The maximum Gasteiger partial charge on any atom is 0.409 e. The smallest absolute Gasteiger partial charge is 0.409 e. The highest BCUT2D eigenvalue weighted by Crippen LogP contribution is 1.72. The lowest BCUT2D eigenvalue weighted by atomic mass is 10.7. The van der Waals surface area contributed by atoms with Gasteiger partial charge >= 0.3 is 6.09 Å². The third kappa shape index (κ3) is 5.01. The van der Waals surface area contributed by atoms with Gasteiger partial charge in [0, 0.05) is 0 Å². The van der Waals surface area contributed by atoms with Gasteiger partial charge < -0.3 is 10.5 Å². The molecule has 0 aromatic rings. The van der Waals surface area contributed by atoms with Crippen LogP contribution >= 0.6 is 0 Å². The van der Waals surface area contributed by atoms with Gasteiger partial charge in [-0.15, -0.1) is 0 Å². The molecule has 0 spiro atoms. The lowest BCUT2D eigenvalue weighted by molar-refractivity contribution is 0.196. The van der Waals surface area contributed by atoms with Gasteiger partial charge in [0.1, 0.15) is 0 Å². The third-order valence-electron chi connectivity index (χ3n) is 0.320. The molecular formula is C4H7NO2. The molecule has 7 heavy (non-hydrogen) atoms. The molecule has 0 fully saturated rings. The van der Waals surface area contributed by atoms with E-state index < -0.39 is 6.09 Å². The zero-order valence-electron chi connectivity index (χ0n) is 4.05. The molecule has 0 aromatic heterocycles. The monoisotopic (exact) mass is 101 g/mol.